The Morgan fingerprint density at radius 3 is 2.10 bits per heavy atom. The molecule has 0 amide bonds. The highest BCUT2D eigenvalue weighted by atomic mass is 79.9. The van der Waals surface area contributed by atoms with Gasteiger partial charge in [-0.1, -0.05) is 75.3 Å². The molecule has 3 heterocycles. The molecule has 0 fully saturated rings. The van der Waals surface area contributed by atoms with Crippen LogP contribution in [0, 0.1) is 25.7 Å². The molecule has 1 aliphatic heterocycles. The van der Waals surface area contributed by atoms with Gasteiger partial charge in [0.05, 0.1) is 44.5 Å². The van der Waals surface area contributed by atoms with E-state index in [9.17, 15) is 18.8 Å². The number of alkyl halides is 1. The maximum atomic E-state index is 11.8. The molecule has 0 spiro atoms. The number of halogens is 4. The number of rotatable bonds is 7. The number of aromatic nitrogens is 6. The van der Waals surface area contributed by atoms with Gasteiger partial charge in [0.1, 0.15) is 19.6 Å². The van der Waals surface area contributed by atoms with E-state index in [0.717, 1.165) is 58.4 Å². The summed E-state index contributed by atoms with van der Waals surface area (Å²) in [6, 6.07) is 17.1. The number of Topliss-reactive ketones (excluding diaryl/α,β-unsaturated/α-hetero) is 1. The molecule has 20 heteroatoms. The first-order valence-electron chi connectivity index (χ1n) is 18.2. The van der Waals surface area contributed by atoms with Crippen molar-refractivity contribution >= 4 is 76.9 Å². The van der Waals surface area contributed by atoms with E-state index in [0.29, 0.717) is 37.6 Å². The third-order valence-electron chi connectivity index (χ3n) is 7.55. The summed E-state index contributed by atoms with van der Waals surface area (Å²) in [6.45, 7) is 9.74. The first-order valence-corrected chi connectivity index (χ1v) is 19.8. The molecular formula is C39H43Br3FN11O5. The van der Waals surface area contributed by atoms with Gasteiger partial charge in [-0.25, -0.2) is 9.36 Å². The second kappa shape index (κ2) is 25.7. The van der Waals surface area contributed by atoms with Crippen molar-refractivity contribution in [1.29, 1.82) is 0 Å². The fourth-order valence-corrected chi connectivity index (χ4v) is 6.26. The topological polar surface area (TPSA) is 232 Å². The molecule has 2 aromatic heterocycles. The molecule has 0 atom stereocenters. The van der Waals surface area contributed by atoms with E-state index in [1.54, 1.807) is 31.5 Å². The summed E-state index contributed by atoms with van der Waals surface area (Å²) in [5, 5.41) is 19.1. The molecule has 59 heavy (non-hydrogen) atoms. The summed E-state index contributed by atoms with van der Waals surface area (Å²) in [7, 11) is -1.00. The van der Waals surface area contributed by atoms with E-state index in [4.69, 9.17) is 23.1 Å². The van der Waals surface area contributed by atoms with Crippen molar-refractivity contribution in [3.05, 3.63) is 101 Å². The van der Waals surface area contributed by atoms with E-state index < -0.39 is 13.1 Å². The smallest absolute Gasteiger partial charge is 0.327 e. The number of ether oxygens (including phenoxy) is 2. The number of hydrogen-bond donors (Lipinski definition) is 2. The van der Waals surface area contributed by atoms with Gasteiger partial charge in [0.2, 0.25) is 0 Å². The average Bonchev–Trinajstić information content (AvgIpc) is 3.70. The normalized spacial score (nSPS) is 10.7. The van der Waals surface area contributed by atoms with Crippen LogP contribution in [0.2, 0.25) is 0 Å². The second-order valence-corrected chi connectivity index (χ2v) is 14.5. The Hall–Kier alpha value is -5.61. The second-order valence-electron chi connectivity index (χ2n) is 11.7. The van der Waals surface area contributed by atoms with Gasteiger partial charge < -0.3 is 20.9 Å². The molecule has 3 aromatic carbocycles. The number of aryl methyl sites for hydroxylation is 2. The highest BCUT2D eigenvalue weighted by Gasteiger charge is 2.22. The first kappa shape index (κ1) is 47.8. The highest BCUT2D eigenvalue weighted by molar-refractivity contribution is 9.11. The van der Waals surface area contributed by atoms with Crippen LogP contribution in [-0.4, -0.2) is 74.6 Å². The van der Waals surface area contributed by atoms with E-state index in [-0.39, 0.29) is 24.8 Å². The number of nitrogen functional groups attached to an aromatic ring is 2. The number of nitrogens with zero attached hydrogens (tertiary/aromatic N) is 9. The van der Waals surface area contributed by atoms with E-state index >= 15 is 0 Å². The highest BCUT2D eigenvalue weighted by Crippen LogP contribution is 2.32. The lowest BCUT2D eigenvalue weighted by Crippen LogP contribution is -2.15. The molecule has 1 aliphatic rings. The Kier molecular flexibility index (Phi) is 20.8. The standard InChI is InChI=1S/C13H15BrN4O2.C12H10BrN3O.C9H8BrN.C4H7N3O2.CH3F/c1-3-20-12(19)7-18-13(8(2)16-17-18)10-6-9(14)4-5-11(10)15;1-7-12-11-5-9(13)3-2-8(11)4-10(17)6-16(12)15-14-7;1-2-3-7-6-8(10)4-5-9(7)11;1-2-9-4(8)3-6-7-5;1-2/h4-6H,3,7,15H2,1-2H3;2-3,5H,4,6H2,1H3;4-6H,11H2,1H3;2-3H2,1H3;1H3/i;;;;1D. The van der Waals surface area contributed by atoms with Gasteiger partial charge in [-0.05, 0) is 94.2 Å². The van der Waals surface area contributed by atoms with Crippen LogP contribution in [0.25, 0.3) is 33.0 Å². The summed E-state index contributed by atoms with van der Waals surface area (Å²) in [6.07, 6.45) is 0.464. The summed E-state index contributed by atoms with van der Waals surface area (Å²) in [5.41, 5.74) is 27.7. The summed E-state index contributed by atoms with van der Waals surface area (Å²) >= 11 is 10.2. The van der Waals surface area contributed by atoms with Gasteiger partial charge in [-0.2, -0.15) is 0 Å². The molecule has 0 unspecified atom stereocenters. The lowest BCUT2D eigenvalue weighted by molar-refractivity contribution is -0.144. The first-order chi connectivity index (χ1) is 28.6. The Morgan fingerprint density at radius 1 is 0.915 bits per heavy atom. The Balaban J connectivity index is 0.000000281. The molecule has 4 N–H and O–H groups in total. The Bertz CT molecular complexity index is 2360. The molecule has 0 saturated heterocycles. The number of nitrogens with two attached hydrogens (primary N) is 2. The Labute approximate surface area is 367 Å². The van der Waals surface area contributed by atoms with Crippen LogP contribution in [-0.2, 0) is 43.4 Å². The SMILES string of the molecule is CC#Cc1cc(Br)ccc1N.CCOC(=O)CN=[N+]=[N-].CCOC(=O)Cn1nnc(C)c1-c1cc(Br)ccc1N.Cc1nnn2c1-c1cc(Br)ccc1CC(=O)C2.[2H]CF. The van der Waals surface area contributed by atoms with Gasteiger partial charge in [0.25, 0.3) is 0 Å². The van der Waals surface area contributed by atoms with Gasteiger partial charge in [-0.15, -0.1) is 16.1 Å². The predicted molar refractivity (Wildman–Crippen MR) is 234 cm³/mol. The molecule has 0 bridgehead atoms. The fraction of sp³-hybridized carbons (Fsp3) is 0.308. The maximum Gasteiger partial charge on any atom is 0.327 e. The van der Waals surface area contributed by atoms with Crippen molar-refractivity contribution < 1.29 is 29.6 Å². The molecular weight excluding hydrogens is 961 g/mol. The number of azide groups is 1. The molecule has 5 aromatic rings. The van der Waals surface area contributed by atoms with Crippen LogP contribution < -0.4 is 11.5 Å². The molecule has 0 aliphatic carbocycles. The van der Waals surface area contributed by atoms with Gasteiger partial charge in [0, 0.05) is 52.8 Å². The summed E-state index contributed by atoms with van der Waals surface area (Å²) in [5.74, 6) is 5.03. The summed E-state index contributed by atoms with van der Waals surface area (Å²) in [4.78, 5) is 36.1. The number of anilines is 2. The third-order valence-corrected chi connectivity index (χ3v) is 9.03. The van der Waals surface area contributed by atoms with Crippen LogP contribution in [0.5, 0.6) is 0 Å². The largest absolute Gasteiger partial charge is 0.466 e. The minimum atomic E-state index is -1.00. The molecule has 0 radical (unpaired) electrons. The maximum absolute atomic E-state index is 11.8. The van der Waals surface area contributed by atoms with Crippen LogP contribution in [0.1, 0.15) is 44.7 Å². The number of hydrogen-bond acceptors (Lipinski definition) is 12. The van der Waals surface area contributed by atoms with E-state index in [1.807, 2.05) is 62.4 Å². The zero-order valence-electron chi connectivity index (χ0n) is 33.9. The Morgan fingerprint density at radius 2 is 1.47 bits per heavy atom. The number of carbonyl (C=O) groups is 3. The van der Waals surface area contributed by atoms with Crippen LogP contribution in [0.15, 0.2) is 73.1 Å². The third kappa shape index (κ3) is 15.6. The number of esters is 2. The lowest BCUT2D eigenvalue weighted by Gasteiger charge is -2.09. The van der Waals surface area contributed by atoms with Crippen molar-refractivity contribution in [2.45, 2.75) is 54.1 Å². The summed E-state index contributed by atoms with van der Waals surface area (Å²) < 4.78 is 31.0. The van der Waals surface area contributed by atoms with Crippen molar-refractivity contribution in [1.82, 2.24) is 30.0 Å². The zero-order valence-corrected chi connectivity index (χ0v) is 37.6. The van der Waals surface area contributed by atoms with Gasteiger partial charge in [-0.3, -0.25) is 18.8 Å². The van der Waals surface area contributed by atoms with Crippen molar-refractivity contribution in [2.75, 3.05) is 38.4 Å². The predicted octanol–water partition coefficient (Wildman–Crippen LogP) is 8.15. The molecule has 312 valence electrons. The van der Waals surface area contributed by atoms with E-state index in [1.165, 1.54) is 4.68 Å². The van der Waals surface area contributed by atoms with Gasteiger partial charge in [0.15, 0.2) is 5.78 Å². The van der Waals surface area contributed by atoms with E-state index in [2.05, 4.69) is 95.0 Å². The van der Waals surface area contributed by atoms with Crippen LogP contribution in [0.3, 0.4) is 0 Å². The lowest BCUT2D eigenvalue weighted by atomic mass is 10.0. The molecule has 6 rings (SSSR count). The molecule has 16 nitrogen and oxygen atoms in total. The number of fused-ring (bicyclic) bond motifs is 3. The van der Waals surface area contributed by atoms with Crippen LogP contribution >= 0.6 is 47.8 Å². The van der Waals surface area contributed by atoms with Crippen molar-refractivity contribution in [3.8, 4) is 34.4 Å². The van der Waals surface area contributed by atoms with Crippen molar-refractivity contribution in [3.63, 3.8) is 0 Å². The average molecular weight is 1010 g/mol. The van der Waals surface area contributed by atoms with Crippen LogP contribution in [0.4, 0.5) is 15.8 Å². The van der Waals surface area contributed by atoms with Crippen molar-refractivity contribution in [2.24, 2.45) is 5.11 Å². The quantitative estimate of drug-likeness (QED) is 0.0394. The minimum absolute atomic E-state index is 0.00989. The number of carbonyl (C=O) groups excluding carboxylic acids is 3. The minimum Gasteiger partial charge on any atom is -0.466 e. The number of ketones is 1. The zero-order chi connectivity index (χ0) is 44.8. The molecule has 0 saturated carbocycles. The number of benzene rings is 3. The van der Waals surface area contributed by atoms with Gasteiger partial charge >= 0.3 is 11.9 Å². The monoisotopic (exact) mass is 1000 g/mol. The fourth-order valence-electron chi connectivity index (χ4n) is 5.18.